The molecule has 0 unspecified atom stereocenters. The van der Waals surface area contributed by atoms with E-state index < -0.39 is 0 Å². The minimum absolute atomic E-state index is 0.0422. The monoisotopic (exact) mass is 258 g/mol. The first kappa shape index (κ1) is 12.6. The van der Waals surface area contributed by atoms with Crippen LogP contribution in [0.15, 0.2) is 30.5 Å². The molecule has 1 heterocycles. The van der Waals surface area contributed by atoms with Crippen molar-refractivity contribution in [3.05, 3.63) is 36.0 Å². The molecule has 0 saturated heterocycles. The highest BCUT2D eigenvalue weighted by Crippen LogP contribution is 2.14. The summed E-state index contributed by atoms with van der Waals surface area (Å²) in [6, 6.07) is 7.57. The summed E-state index contributed by atoms with van der Waals surface area (Å²) in [4.78, 5) is 15.0. The molecule has 4 heteroatoms. The number of aromatic nitrogens is 1. The van der Waals surface area contributed by atoms with Crippen molar-refractivity contribution in [3.8, 4) is 12.3 Å². The Hall–Kier alpha value is -1.86. The van der Waals surface area contributed by atoms with Crippen molar-refractivity contribution in [1.82, 2.24) is 10.3 Å². The van der Waals surface area contributed by atoms with E-state index in [1.54, 1.807) is 11.8 Å². The summed E-state index contributed by atoms with van der Waals surface area (Å²) in [5, 5.41) is 3.92. The van der Waals surface area contributed by atoms with Gasteiger partial charge in [0.25, 0.3) is 5.91 Å². The van der Waals surface area contributed by atoms with Gasteiger partial charge < -0.3 is 10.3 Å². The number of terminal acetylenes is 1. The van der Waals surface area contributed by atoms with E-state index in [2.05, 4.69) is 16.2 Å². The third kappa shape index (κ3) is 3.08. The first-order chi connectivity index (χ1) is 8.81. The molecule has 0 radical (unpaired) electrons. The second-order valence-corrected chi connectivity index (χ2v) is 4.90. The number of rotatable bonds is 5. The zero-order valence-electron chi connectivity index (χ0n) is 9.90. The van der Waals surface area contributed by atoms with E-state index >= 15 is 0 Å². The van der Waals surface area contributed by atoms with Crippen LogP contribution in [-0.4, -0.2) is 28.9 Å². The minimum atomic E-state index is -0.0422. The fourth-order valence-corrected chi connectivity index (χ4v) is 2.17. The Bertz CT molecular complexity index is 583. The summed E-state index contributed by atoms with van der Waals surface area (Å²) in [6.45, 7) is 0.635. The average Bonchev–Trinajstić information content (AvgIpc) is 2.85. The molecule has 0 fully saturated rings. The lowest BCUT2D eigenvalue weighted by Gasteiger charge is -2.04. The molecule has 0 atom stereocenters. The number of benzene rings is 1. The van der Waals surface area contributed by atoms with Gasteiger partial charge in [0.2, 0.25) is 0 Å². The predicted molar refractivity (Wildman–Crippen MR) is 76.8 cm³/mol. The lowest BCUT2D eigenvalue weighted by atomic mass is 10.1. The molecule has 0 bridgehead atoms. The maximum atomic E-state index is 11.9. The Labute approximate surface area is 110 Å². The number of fused-ring (bicyclic) bond motifs is 1. The van der Waals surface area contributed by atoms with Crippen LogP contribution in [0.2, 0.25) is 0 Å². The second kappa shape index (κ2) is 6.18. The summed E-state index contributed by atoms with van der Waals surface area (Å²) in [5.41, 5.74) is 1.72. The van der Waals surface area contributed by atoms with Crippen molar-refractivity contribution in [1.29, 1.82) is 0 Å². The van der Waals surface area contributed by atoms with E-state index in [4.69, 9.17) is 6.42 Å². The molecule has 18 heavy (non-hydrogen) atoms. The van der Waals surface area contributed by atoms with Crippen LogP contribution >= 0.6 is 11.8 Å². The lowest BCUT2D eigenvalue weighted by Crippen LogP contribution is -2.25. The molecule has 3 nitrogen and oxygen atoms in total. The number of hydrogen-bond acceptors (Lipinski definition) is 2. The fourth-order valence-electron chi connectivity index (χ4n) is 1.66. The summed E-state index contributed by atoms with van der Waals surface area (Å²) >= 11 is 1.64. The lowest BCUT2D eigenvalue weighted by molar-refractivity contribution is 0.0956. The molecule has 2 aromatic rings. The van der Waals surface area contributed by atoms with Crippen molar-refractivity contribution in [2.45, 2.75) is 0 Å². The zero-order chi connectivity index (χ0) is 12.8. The highest BCUT2D eigenvalue weighted by molar-refractivity contribution is 7.99. The van der Waals surface area contributed by atoms with Crippen molar-refractivity contribution < 1.29 is 4.79 Å². The number of carbonyl (C=O) groups is 1. The molecule has 1 aromatic carbocycles. The van der Waals surface area contributed by atoms with Crippen LogP contribution in [0, 0.1) is 12.3 Å². The zero-order valence-corrected chi connectivity index (χ0v) is 10.7. The third-order valence-corrected chi connectivity index (χ3v) is 3.40. The van der Waals surface area contributed by atoms with Gasteiger partial charge in [-0.1, -0.05) is 5.92 Å². The summed E-state index contributed by atoms with van der Waals surface area (Å²) < 4.78 is 0. The van der Waals surface area contributed by atoms with Crippen LogP contribution < -0.4 is 5.32 Å². The predicted octanol–water partition coefficient (Wildman–Crippen LogP) is 2.26. The highest BCUT2D eigenvalue weighted by atomic mass is 32.2. The molecular weight excluding hydrogens is 244 g/mol. The Morgan fingerprint density at radius 2 is 2.33 bits per heavy atom. The maximum Gasteiger partial charge on any atom is 0.251 e. The first-order valence-electron chi connectivity index (χ1n) is 5.68. The van der Waals surface area contributed by atoms with Crippen molar-refractivity contribution in [2.24, 2.45) is 0 Å². The number of H-pyrrole nitrogens is 1. The Kier molecular flexibility index (Phi) is 4.32. The summed E-state index contributed by atoms with van der Waals surface area (Å²) in [7, 11) is 0. The van der Waals surface area contributed by atoms with Crippen LogP contribution in [0.25, 0.3) is 10.9 Å². The van der Waals surface area contributed by atoms with Gasteiger partial charge in [-0.15, -0.1) is 18.2 Å². The van der Waals surface area contributed by atoms with Crippen LogP contribution in [0.4, 0.5) is 0 Å². The SMILES string of the molecule is C#CCSCCNC(=O)c1ccc2[nH]ccc2c1. The van der Waals surface area contributed by atoms with Crippen molar-refractivity contribution in [2.75, 3.05) is 18.1 Å². The molecule has 0 aliphatic rings. The van der Waals surface area contributed by atoms with E-state index in [-0.39, 0.29) is 5.91 Å². The number of nitrogens with one attached hydrogen (secondary N) is 2. The molecule has 92 valence electrons. The Morgan fingerprint density at radius 1 is 1.44 bits per heavy atom. The van der Waals surface area contributed by atoms with Gasteiger partial charge in [0.15, 0.2) is 0 Å². The van der Waals surface area contributed by atoms with Gasteiger partial charge in [0.05, 0.1) is 5.75 Å². The molecule has 0 spiro atoms. The van der Waals surface area contributed by atoms with Gasteiger partial charge in [0, 0.05) is 35.0 Å². The molecule has 1 amide bonds. The van der Waals surface area contributed by atoms with E-state index in [1.165, 1.54) is 0 Å². The molecule has 0 aliphatic heterocycles. The Balaban J connectivity index is 1.90. The van der Waals surface area contributed by atoms with E-state index in [0.29, 0.717) is 17.9 Å². The molecular formula is C14H14N2OS. The van der Waals surface area contributed by atoms with Gasteiger partial charge >= 0.3 is 0 Å². The van der Waals surface area contributed by atoms with Crippen LogP contribution in [-0.2, 0) is 0 Å². The number of amides is 1. The minimum Gasteiger partial charge on any atom is -0.361 e. The van der Waals surface area contributed by atoms with Crippen molar-refractivity contribution >= 4 is 28.6 Å². The van der Waals surface area contributed by atoms with E-state index in [0.717, 1.165) is 16.7 Å². The first-order valence-corrected chi connectivity index (χ1v) is 6.83. The summed E-state index contributed by atoms with van der Waals surface area (Å²) in [5.74, 6) is 4.03. The Morgan fingerprint density at radius 3 is 3.17 bits per heavy atom. The van der Waals surface area contributed by atoms with Crippen LogP contribution in [0.5, 0.6) is 0 Å². The average molecular weight is 258 g/mol. The van der Waals surface area contributed by atoms with Gasteiger partial charge in [-0.25, -0.2) is 0 Å². The molecule has 1 aromatic heterocycles. The maximum absolute atomic E-state index is 11.9. The number of carbonyl (C=O) groups excluding carboxylic acids is 1. The molecule has 0 aliphatic carbocycles. The fraction of sp³-hybridized carbons (Fsp3) is 0.214. The van der Waals surface area contributed by atoms with Gasteiger partial charge in [-0.2, -0.15) is 0 Å². The topological polar surface area (TPSA) is 44.9 Å². The normalized spacial score (nSPS) is 10.2. The standard InChI is InChI=1S/C14H14N2OS/c1-2-8-18-9-7-16-14(17)12-3-4-13-11(10-12)5-6-15-13/h1,3-6,10,15H,7-9H2,(H,16,17). The van der Waals surface area contributed by atoms with Crippen molar-refractivity contribution in [3.63, 3.8) is 0 Å². The second-order valence-electron chi connectivity index (χ2n) is 3.79. The van der Waals surface area contributed by atoms with Crippen LogP contribution in [0.3, 0.4) is 0 Å². The number of thioether (sulfide) groups is 1. The molecule has 2 rings (SSSR count). The number of hydrogen-bond donors (Lipinski definition) is 2. The largest absolute Gasteiger partial charge is 0.361 e. The summed E-state index contributed by atoms with van der Waals surface area (Å²) in [6.07, 6.45) is 7.01. The van der Waals surface area contributed by atoms with Gasteiger partial charge in [-0.3, -0.25) is 4.79 Å². The van der Waals surface area contributed by atoms with E-state index in [9.17, 15) is 4.79 Å². The van der Waals surface area contributed by atoms with Gasteiger partial charge in [-0.05, 0) is 24.3 Å². The smallest absolute Gasteiger partial charge is 0.251 e. The third-order valence-electron chi connectivity index (χ3n) is 2.53. The van der Waals surface area contributed by atoms with Gasteiger partial charge in [0.1, 0.15) is 0 Å². The molecule has 2 N–H and O–H groups in total. The molecule has 0 saturated carbocycles. The number of aromatic amines is 1. The van der Waals surface area contributed by atoms with E-state index in [1.807, 2.05) is 30.5 Å². The highest BCUT2D eigenvalue weighted by Gasteiger charge is 2.05. The quantitative estimate of drug-likeness (QED) is 0.638. The van der Waals surface area contributed by atoms with Crippen LogP contribution in [0.1, 0.15) is 10.4 Å².